The van der Waals surface area contributed by atoms with Gasteiger partial charge in [-0.3, -0.25) is 4.79 Å². The van der Waals surface area contributed by atoms with Crippen LogP contribution < -0.4 is 5.32 Å². The zero-order chi connectivity index (χ0) is 27.4. The minimum absolute atomic E-state index is 0.0975. The molecular weight excluding hydrogens is 490 g/mol. The number of rotatable bonds is 11. The van der Waals surface area contributed by atoms with Crippen LogP contribution in [0.4, 0.5) is 26.3 Å². The average Bonchev–Trinajstić information content (AvgIpc) is 2.75. The van der Waals surface area contributed by atoms with Crippen molar-refractivity contribution in [2.45, 2.75) is 78.7 Å². The Balaban J connectivity index is 6.34. The summed E-state index contributed by atoms with van der Waals surface area (Å²) in [7, 11) is 0. The second-order valence-corrected chi connectivity index (χ2v) is 8.64. The SMILES string of the molecule is C=C/C=C(\C=C(/CCC)C(F)(F)F)C(/N=C(SC)C(C)NC(=O)/C(C)=C/CC(F)(F)F)=C(\C)CC. The average molecular weight is 525 g/mol. The maximum atomic E-state index is 13.6. The molecule has 198 valence electrons. The number of nitrogens with zero attached hydrogens (tertiary/aromatic N) is 1. The normalized spacial score (nSPS) is 16.1. The second kappa shape index (κ2) is 15.0. The molecule has 0 spiro atoms. The first-order valence-corrected chi connectivity index (χ1v) is 12.3. The molecule has 0 rings (SSSR count). The standard InChI is InChI=1S/C25H34F6N2OS/c1-8-11-19(15-20(12-9-2)25(29,30)31)21(16(4)10-3)33-23(35-7)18(6)32-22(34)17(5)13-14-24(26,27)28/h8,11,13,15,18H,1,9-10,12,14H2,2-7H3,(H,32,34)/b17-13+,19-11+,20-15+,21-16-,33-23?. The molecule has 0 saturated heterocycles. The molecule has 10 heteroatoms. The number of hydrogen-bond donors (Lipinski definition) is 1. The van der Waals surface area contributed by atoms with Gasteiger partial charge in [-0.05, 0) is 51.5 Å². The van der Waals surface area contributed by atoms with Crippen LogP contribution in [0.25, 0.3) is 0 Å². The topological polar surface area (TPSA) is 41.5 Å². The van der Waals surface area contributed by atoms with Crippen LogP contribution in [0, 0.1) is 0 Å². The molecule has 1 N–H and O–H groups in total. The Hall–Kier alpha value is -2.23. The highest BCUT2D eigenvalue weighted by atomic mass is 32.2. The van der Waals surface area contributed by atoms with E-state index in [4.69, 9.17) is 0 Å². The molecule has 1 amide bonds. The molecule has 0 aliphatic rings. The summed E-state index contributed by atoms with van der Waals surface area (Å²) in [5.74, 6) is -0.690. The van der Waals surface area contributed by atoms with Gasteiger partial charge in [0.05, 0.1) is 23.2 Å². The first-order chi connectivity index (χ1) is 16.1. The smallest absolute Gasteiger partial charge is 0.344 e. The predicted molar refractivity (Wildman–Crippen MR) is 133 cm³/mol. The summed E-state index contributed by atoms with van der Waals surface area (Å²) in [6.45, 7) is 11.7. The molecule has 0 aromatic rings. The van der Waals surface area contributed by atoms with Crippen molar-refractivity contribution in [2.24, 2.45) is 4.99 Å². The van der Waals surface area contributed by atoms with Crippen LogP contribution in [-0.4, -0.2) is 35.6 Å². The van der Waals surface area contributed by atoms with E-state index >= 15 is 0 Å². The van der Waals surface area contributed by atoms with Crippen molar-refractivity contribution in [2.75, 3.05) is 6.26 Å². The lowest BCUT2D eigenvalue weighted by Crippen LogP contribution is -2.38. The number of nitrogens with one attached hydrogen (secondary N) is 1. The summed E-state index contributed by atoms with van der Waals surface area (Å²) in [4.78, 5) is 16.9. The summed E-state index contributed by atoms with van der Waals surface area (Å²) >= 11 is 1.18. The highest BCUT2D eigenvalue weighted by Gasteiger charge is 2.33. The lowest BCUT2D eigenvalue weighted by molar-refractivity contribution is -0.125. The predicted octanol–water partition coefficient (Wildman–Crippen LogP) is 8.24. The molecule has 0 fully saturated rings. The Morgan fingerprint density at radius 1 is 1.14 bits per heavy atom. The van der Waals surface area contributed by atoms with Crippen LogP contribution in [-0.2, 0) is 4.79 Å². The number of aliphatic imine (C=N–C) groups is 1. The van der Waals surface area contributed by atoms with Crippen molar-refractivity contribution >= 4 is 22.7 Å². The second-order valence-electron chi connectivity index (χ2n) is 7.81. The fraction of sp³-hybridized carbons (Fsp3) is 0.520. The van der Waals surface area contributed by atoms with Crippen molar-refractivity contribution in [3.8, 4) is 0 Å². The molecule has 0 heterocycles. The molecule has 35 heavy (non-hydrogen) atoms. The quantitative estimate of drug-likeness (QED) is 0.0972. The zero-order valence-corrected chi connectivity index (χ0v) is 21.8. The summed E-state index contributed by atoms with van der Waals surface area (Å²) in [5.41, 5.74) is 0.479. The number of carbonyl (C=O) groups is 1. The van der Waals surface area contributed by atoms with Crippen molar-refractivity contribution in [1.29, 1.82) is 0 Å². The Kier molecular flexibility index (Phi) is 14.1. The number of thioether (sulfide) groups is 1. The molecule has 0 aliphatic heterocycles. The molecular formula is C25H34F6N2OS. The summed E-state index contributed by atoms with van der Waals surface area (Å²) in [6, 6.07) is -0.696. The zero-order valence-electron chi connectivity index (χ0n) is 21.0. The highest BCUT2D eigenvalue weighted by molar-refractivity contribution is 8.13. The monoisotopic (exact) mass is 524 g/mol. The van der Waals surface area contributed by atoms with Gasteiger partial charge >= 0.3 is 12.4 Å². The fourth-order valence-corrected chi connectivity index (χ4v) is 3.41. The lowest BCUT2D eigenvalue weighted by Gasteiger charge is -2.18. The Morgan fingerprint density at radius 2 is 1.74 bits per heavy atom. The van der Waals surface area contributed by atoms with Crippen LogP contribution in [0.3, 0.4) is 0 Å². The Bertz CT molecular complexity index is 893. The number of alkyl halides is 6. The van der Waals surface area contributed by atoms with E-state index in [2.05, 4.69) is 16.9 Å². The third-order valence-corrected chi connectivity index (χ3v) is 5.73. The van der Waals surface area contributed by atoms with Gasteiger partial charge in [-0.25, -0.2) is 4.99 Å². The lowest BCUT2D eigenvalue weighted by atomic mass is 10.0. The van der Waals surface area contributed by atoms with Crippen LogP contribution in [0.1, 0.15) is 60.3 Å². The minimum atomic E-state index is -4.50. The molecule has 0 radical (unpaired) electrons. The van der Waals surface area contributed by atoms with E-state index in [1.54, 1.807) is 27.0 Å². The maximum Gasteiger partial charge on any atom is 0.412 e. The molecule has 1 atom stereocenters. The van der Waals surface area contributed by atoms with E-state index in [9.17, 15) is 31.1 Å². The summed E-state index contributed by atoms with van der Waals surface area (Å²) in [5, 5.41) is 2.99. The molecule has 0 aromatic heterocycles. The number of halogens is 6. The molecule has 1 unspecified atom stereocenters. The van der Waals surface area contributed by atoms with Crippen molar-refractivity contribution in [1.82, 2.24) is 5.32 Å². The van der Waals surface area contributed by atoms with Gasteiger partial charge in [-0.15, -0.1) is 11.8 Å². The van der Waals surface area contributed by atoms with Crippen LogP contribution in [0.15, 0.2) is 63.9 Å². The van der Waals surface area contributed by atoms with E-state index in [0.717, 1.165) is 17.7 Å². The first kappa shape index (κ1) is 32.8. The highest BCUT2D eigenvalue weighted by Crippen LogP contribution is 2.33. The molecule has 3 nitrogen and oxygen atoms in total. The summed E-state index contributed by atoms with van der Waals surface area (Å²) < 4.78 is 78.0. The molecule has 0 saturated carbocycles. The summed E-state index contributed by atoms with van der Waals surface area (Å²) in [6.07, 6.45) is -3.12. The van der Waals surface area contributed by atoms with E-state index < -0.39 is 36.3 Å². The van der Waals surface area contributed by atoms with Gasteiger partial charge in [0.2, 0.25) is 5.91 Å². The maximum absolute atomic E-state index is 13.6. The van der Waals surface area contributed by atoms with Crippen LogP contribution in [0.5, 0.6) is 0 Å². The molecule has 0 aromatic carbocycles. The molecule has 0 bridgehead atoms. The van der Waals surface area contributed by atoms with Gasteiger partial charge in [0, 0.05) is 16.7 Å². The third kappa shape index (κ3) is 12.3. The Labute approximate surface area is 208 Å². The van der Waals surface area contributed by atoms with Gasteiger partial charge in [0.1, 0.15) is 0 Å². The fourth-order valence-electron chi connectivity index (χ4n) is 2.81. The number of allylic oxidation sites excluding steroid dienone is 6. The minimum Gasteiger partial charge on any atom is -0.344 e. The Morgan fingerprint density at radius 3 is 2.17 bits per heavy atom. The first-order valence-electron chi connectivity index (χ1n) is 11.1. The number of carbonyl (C=O) groups excluding carboxylic acids is 1. The van der Waals surface area contributed by atoms with E-state index in [1.807, 2.05) is 6.92 Å². The number of hydrogen-bond acceptors (Lipinski definition) is 3. The largest absolute Gasteiger partial charge is 0.412 e. The van der Waals surface area contributed by atoms with Crippen molar-refractivity contribution < 1.29 is 31.1 Å². The van der Waals surface area contributed by atoms with Gasteiger partial charge in [0.25, 0.3) is 0 Å². The van der Waals surface area contributed by atoms with Gasteiger partial charge in [-0.1, -0.05) is 45.1 Å². The van der Waals surface area contributed by atoms with Gasteiger partial charge < -0.3 is 5.32 Å². The van der Waals surface area contributed by atoms with E-state index in [1.165, 1.54) is 30.8 Å². The van der Waals surface area contributed by atoms with E-state index in [0.29, 0.717) is 23.6 Å². The van der Waals surface area contributed by atoms with Crippen LogP contribution in [0.2, 0.25) is 0 Å². The number of amides is 1. The van der Waals surface area contributed by atoms with E-state index in [-0.39, 0.29) is 17.6 Å². The van der Waals surface area contributed by atoms with Crippen LogP contribution >= 0.6 is 11.8 Å². The third-order valence-electron chi connectivity index (χ3n) is 4.87. The van der Waals surface area contributed by atoms with Crippen molar-refractivity contribution in [3.63, 3.8) is 0 Å². The van der Waals surface area contributed by atoms with Gasteiger partial charge in [-0.2, -0.15) is 26.3 Å². The van der Waals surface area contributed by atoms with Gasteiger partial charge in [0.15, 0.2) is 0 Å². The van der Waals surface area contributed by atoms with Crippen molar-refractivity contribution in [3.05, 3.63) is 58.9 Å². The molecule has 0 aliphatic carbocycles.